The van der Waals surface area contributed by atoms with Gasteiger partial charge in [0.15, 0.2) is 0 Å². The number of hydrogen-bond donors (Lipinski definition) is 2. The number of carbonyl (C=O) groups is 2. The second-order valence-electron chi connectivity index (χ2n) is 4.96. The molecule has 0 fully saturated rings. The summed E-state index contributed by atoms with van der Waals surface area (Å²) in [6.07, 6.45) is 6.25. The Labute approximate surface area is 138 Å². The number of hydrogen-bond acceptors (Lipinski definition) is 4. The summed E-state index contributed by atoms with van der Waals surface area (Å²) < 4.78 is 0. The number of benzene rings is 1. The molecule has 24 heavy (non-hydrogen) atoms. The van der Waals surface area contributed by atoms with Gasteiger partial charge < -0.3 is 10.6 Å². The number of pyridine rings is 2. The van der Waals surface area contributed by atoms with Gasteiger partial charge in [0.2, 0.25) is 0 Å². The predicted molar refractivity (Wildman–Crippen MR) is 90.8 cm³/mol. The highest BCUT2D eigenvalue weighted by atomic mass is 16.2. The lowest BCUT2D eigenvalue weighted by Gasteiger charge is -2.08. The lowest BCUT2D eigenvalue weighted by Crippen LogP contribution is -2.13. The fraction of sp³-hybridized carbons (Fsp3) is 0. The largest absolute Gasteiger partial charge is 0.322 e. The molecule has 3 aromatic rings. The molecule has 2 N–H and O–H groups in total. The Morgan fingerprint density at radius 2 is 0.917 bits per heavy atom. The molecule has 6 nitrogen and oxygen atoms in total. The smallest absolute Gasteiger partial charge is 0.255 e. The van der Waals surface area contributed by atoms with Crippen LogP contribution in [-0.4, -0.2) is 21.8 Å². The molecule has 0 aliphatic rings. The average molecular weight is 318 g/mol. The van der Waals surface area contributed by atoms with Gasteiger partial charge in [-0.2, -0.15) is 0 Å². The van der Waals surface area contributed by atoms with Crippen LogP contribution in [0.1, 0.15) is 20.7 Å². The van der Waals surface area contributed by atoms with E-state index in [-0.39, 0.29) is 11.8 Å². The van der Waals surface area contributed by atoms with Gasteiger partial charge in [0.05, 0.1) is 0 Å². The van der Waals surface area contributed by atoms with Gasteiger partial charge >= 0.3 is 0 Å². The van der Waals surface area contributed by atoms with Crippen LogP contribution in [-0.2, 0) is 0 Å². The van der Waals surface area contributed by atoms with Crippen molar-refractivity contribution in [3.63, 3.8) is 0 Å². The van der Waals surface area contributed by atoms with E-state index in [1.807, 2.05) is 0 Å². The van der Waals surface area contributed by atoms with E-state index in [4.69, 9.17) is 0 Å². The Kier molecular flexibility index (Phi) is 4.57. The first-order valence-electron chi connectivity index (χ1n) is 7.25. The van der Waals surface area contributed by atoms with Crippen molar-refractivity contribution >= 4 is 23.2 Å². The van der Waals surface area contributed by atoms with E-state index in [1.54, 1.807) is 73.3 Å². The molecule has 0 bridgehead atoms. The van der Waals surface area contributed by atoms with Crippen molar-refractivity contribution in [1.82, 2.24) is 9.97 Å². The predicted octanol–water partition coefficient (Wildman–Crippen LogP) is 2.98. The molecule has 0 aliphatic carbocycles. The second-order valence-corrected chi connectivity index (χ2v) is 4.96. The maximum atomic E-state index is 12.0. The van der Waals surface area contributed by atoms with E-state index >= 15 is 0 Å². The van der Waals surface area contributed by atoms with Crippen molar-refractivity contribution in [2.45, 2.75) is 0 Å². The van der Waals surface area contributed by atoms with Crippen LogP contribution in [0.3, 0.4) is 0 Å². The number of amides is 2. The number of rotatable bonds is 4. The first kappa shape index (κ1) is 15.4. The van der Waals surface area contributed by atoms with Gasteiger partial charge in [-0.25, -0.2) is 0 Å². The first-order chi connectivity index (χ1) is 11.7. The van der Waals surface area contributed by atoms with Crippen molar-refractivity contribution in [1.29, 1.82) is 0 Å². The van der Waals surface area contributed by atoms with Crippen molar-refractivity contribution in [3.05, 3.63) is 84.4 Å². The summed E-state index contributed by atoms with van der Waals surface area (Å²) >= 11 is 0. The molecule has 0 saturated carbocycles. The van der Waals surface area contributed by atoms with Crippen LogP contribution in [0.4, 0.5) is 11.4 Å². The van der Waals surface area contributed by atoms with E-state index in [0.717, 1.165) is 0 Å². The fourth-order valence-corrected chi connectivity index (χ4v) is 2.05. The molecule has 6 heteroatoms. The van der Waals surface area contributed by atoms with Crippen LogP contribution >= 0.6 is 0 Å². The summed E-state index contributed by atoms with van der Waals surface area (Å²) in [7, 11) is 0. The van der Waals surface area contributed by atoms with Crippen LogP contribution in [0.5, 0.6) is 0 Å². The summed E-state index contributed by atoms with van der Waals surface area (Å²) in [6.45, 7) is 0. The first-order valence-corrected chi connectivity index (χ1v) is 7.25. The van der Waals surface area contributed by atoms with Gasteiger partial charge in [0.1, 0.15) is 0 Å². The summed E-state index contributed by atoms with van der Waals surface area (Å²) in [4.78, 5) is 31.8. The van der Waals surface area contributed by atoms with E-state index in [9.17, 15) is 9.59 Å². The van der Waals surface area contributed by atoms with Crippen LogP contribution in [0, 0.1) is 0 Å². The van der Waals surface area contributed by atoms with Crippen LogP contribution in [0.15, 0.2) is 73.3 Å². The highest BCUT2D eigenvalue weighted by Crippen LogP contribution is 2.15. The monoisotopic (exact) mass is 318 g/mol. The van der Waals surface area contributed by atoms with Gasteiger partial charge in [-0.1, -0.05) is 0 Å². The lowest BCUT2D eigenvalue weighted by molar-refractivity contribution is 0.101. The zero-order chi connectivity index (χ0) is 16.8. The minimum atomic E-state index is -0.217. The third-order valence-corrected chi connectivity index (χ3v) is 3.29. The summed E-state index contributed by atoms with van der Waals surface area (Å²) in [5.41, 5.74) is 2.33. The quantitative estimate of drug-likeness (QED) is 0.774. The number of carbonyl (C=O) groups excluding carboxylic acids is 2. The van der Waals surface area contributed by atoms with Gasteiger partial charge in [0, 0.05) is 47.3 Å². The van der Waals surface area contributed by atoms with Gasteiger partial charge in [0.25, 0.3) is 11.8 Å². The van der Waals surface area contributed by atoms with Crippen molar-refractivity contribution < 1.29 is 9.59 Å². The summed E-state index contributed by atoms with van der Waals surface area (Å²) in [5, 5.41) is 5.57. The summed E-state index contributed by atoms with van der Waals surface area (Å²) in [6, 6.07) is 13.4. The standard InChI is InChI=1S/C18H14N4O2/c23-17(13-5-9-19-10-6-13)21-15-1-2-16(4-3-15)22-18(24)14-7-11-20-12-8-14/h1-12H,(H,21,23)(H,22,24). The molecule has 2 aromatic heterocycles. The molecular formula is C18H14N4O2. The summed E-state index contributed by atoms with van der Waals surface area (Å²) in [5.74, 6) is -0.433. The highest BCUT2D eigenvalue weighted by molar-refractivity contribution is 6.05. The van der Waals surface area contributed by atoms with E-state index < -0.39 is 0 Å². The Balaban J connectivity index is 1.63. The molecule has 0 atom stereocenters. The highest BCUT2D eigenvalue weighted by Gasteiger charge is 2.07. The molecular weight excluding hydrogens is 304 g/mol. The molecule has 0 unspecified atom stereocenters. The SMILES string of the molecule is O=C(Nc1ccc(NC(=O)c2ccncc2)cc1)c1ccncc1. The molecule has 0 saturated heterocycles. The fourth-order valence-electron chi connectivity index (χ4n) is 2.05. The Bertz CT molecular complexity index is 761. The van der Waals surface area contributed by atoms with E-state index in [1.165, 1.54) is 0 Å². The third-order valence-electron chi connectivity index (χ3n) is 3.29. The van der Waals surface area contributed by atoms with Crippen LogP contribution < -0.4 is 10.6 Å². The maximum Gasteiger partial charge on any atom is 0.255 e. The Hall–Kier alpha value is -3.54. The van der Waals surface area contributed by atoms with E-state index in [0.29, 0.717) is 22.5 Å². The molecule has 3 rings (SSSR count). The normalized spacial score (nSPS) is 10.0. The molecule has 0 spiro atoms. The topological polar surface area (TPSA) is 84.0 Å². The maximum absolute atomic E-state index is 12.0. The van der Waals surface area contributed by atoms with Gasteiger partial charge in [-0.05, 0) is 48.5 Å². The van der Waals surface area contributed by atoms with E-state index in [2.05, 4.69) is 20.6 Å². The molecule has 1 aromatic carbocycles. The lowest BCUT2D eigenvalue weighted by atomic mass is 10.2. The van der Waals surface area contributed by atoms with Gasteiger partial charge in [-0.3, -0.25) is 19.6 Å². The minimum Gasteiger partial charge on any atom is -0.322 e. The Morgan fingerprint density at radius 3 is 1.25 bits per heavy atom. The molecule has 2 heterocycles. The Morgan fingerprint density at radius 1 is 0.583 bits per heavy atom. The molecule has 0 radical (unpaired) electrons. The number of aromatic nitrogens is 2. The molecule has 118 valence electrons. The molecule has 0 aliphatic heterocycles. The number of nitrogens with one attached hydrogen (secondary N) is 2. The van der Waals surface area contributed by atoms with Crippen molar-refractivity contribution in [2.24, 2.45) is 0 Å². The van der Waals surface area contributed by atoms with Crippen LogP contribution in [0.2, 0.25) is 0 Å². The third kappa shape index (κ3) is 3.80. The molecule has 2 amide bonds. The second kappa shape index (κ2) is 7.15. The number of nitrogens with zero attached hydrogens (tertiary/aromatic N) is 2. The van der Waals surface area contributed by atoms with Crippen molar-refractivity contribution in [3.8, 4) is 0 Å². The zero-order valence-electron chi connectivity index (χ0n) is 12.6. The number of anilines is 2. The average Bonchev–Trinajstić information content (AvgIpc) is 2.65. The minimum absolute atomic E-state index is 0.217. The van der Waals surface area contributed by atoms with Crippen molar-refractivity contribution in [2.75, 3.05) is 10.6 Å². The van der Waals surface area contributed by atoms with Crippen LogP contribution in [0.25, 0.3) is 0 Å². The zero-order valence-corrected chi connectivity index (χ0v) is 12.6. The van der Waals surface area contributed by atoms with Gasteiger partial charge in [-0.15, -0.1) is 0 Å².